The van der Waals surface area contributed by atoms with Crippen molar-refractivity contribution in [3.05, 3.63) is 83.9 Å². The van der Waals surface area contributed by atoms with Gasteiger partial charge in [-0.25, -0.2) is 0 Å². The molecule has 0 saturated carbocycles. The molecule has 0 radical (unpaired) electrons. The lowest BCUT2D eigenvalue weighted by Crippen LogP contribution is -2.21. The summed E-state index contributed by atoms with van der Waals surface area (Å²) in [4.78, 5) is 24.5. The van der Waals surface area contributed by atoms with Gasteiger partial charge in [-0.1, -0.05) is 6.07 Å². The molecule has 3 aromatic carbocycles. The van der Waals surface area contributed by atoms with E-state index in [-0.39, 0.29) is 18.4 Å². The summed E-state index contributed by atoms with van der Waals surface area (Å²) >= 11 is 0. The van der Waals surface area contributed by atoms with Crippen molar-refractivity contribution < 1.29 is 14.3 Å². The largest absolute Gasteiger partial charge is 0.497 e. The molecule has 0 aliphatic heterocycles. The van der Waals surface area contributed by atoms with E-state index in [2.05, 4.69) is 22.0 Å². The highest BCUT2D eigenvalue weighted by molar-refractivity contribution is 6.04. The van der Waals surface area contributed by atoms with Gasteiger partial charge in [-0.3, -0.25) is 9.59 Å². The van der Waals surface area contributed by atoms with Gasteiger partial charge in [0.15, 0.2) is 0 Å². The van der Waals surface area contributed by atoms with Crippen LogP contribution in [0.15, 0.2) is 72.8 Å². The first kappa shape index (κ1) is 20.4. The zero-order valence-corrected chi connectivity index (χ0v) is 16.3. The van der Waals surface area contributed by atoms with Crippen LogP contribution < -0.4 is 20.7 Å². The summed E-state index contributed by atoms with van der Waals surface area (Å²) in [5.41, 5.74) is 2.91. The maximum absolute atomic E-state index is 12.4. The molecule has 7 nitrogen and oxygen atoms in total. The van der Waals surface area contributed by atoms with E-state index in [9.17, 15) is 9.59 Å². The van der Waals surface area contributed by atoms with Crippen LogP contribution in [0.5, 0.6) is 5.75 Å². The van der Waals surface area contributed by atoms with Crippen LogP contribution in [0.1, 0.15) is 15.9 Å². The molecule has 0 fully saturated rings. The summed E-state index contributed by atoms with van der Waals surface area (Å²) < 4.78 is 5.09. The topological polar surface area (TPSA) is 103 Å². The Morgan fingerprint density at radius 3 is 2.23 bits per heavy atom. The van der Waals surface area contributed by atoms with Crippen molar-refractivity contribution in [3.8, 4) is 11.8 Å². The van der Waals surface area contributed by atoms with Crippen molar-refractivity contribution in [2.45, 2.75) is 0 Å². The smallest absolute Gasteiger partial charge is 0.255 e. The molecule has 0 aliphatic carbocycles. The van der Waals surface area contributed by atoms with E-state index >= 15 is 0 Å². The third-order valence-corrected chi connectivity index (χ3v) is 4.22. The van der Waals surface area contributed by atoms with Crippen LogP contribution in [0, 0.1) is 11.3 Å². The number of rotatable bonds is 7. The molecule has 0 spiro atoms. The Balaban J connectivity index is 1.52. The van der Waals surface area contributed by atoms with Gasteiger partial charge in [-0.05, 0) is 66.7 Å². The quantitative estimate of drug-likeness (QED) is 0.559. The normalized spacial score (nSPS) is 9.87. The van der Waals surface area contributed by atoms with Crippen LogP contribution in [-0.4, -0.2) is 25.5 Å². The average Bonchev–Trinajstić information content (AvgIpc) is 2.79. The molecule has 0 unspecified atom stereocenters. The summed E-state index contributed by atoms with van der Waals surface area (Å²) in [6.45, 7) is 0.0502. The molecule has 0 aromatic heterocycles. The Kier molecular flexibility index (Phi) is 6.64. The summed E-state index contributed by atoms with van der Waals surface area (Å²) in [7, 11) is 1.58. The molecular weight excluding hydrogens is 380 g/mol. The molecule has 3 N–H and O–H groups in total. The van der Waals surface area contributed by atoms with Gasteiger partial charge in [0.25, 0.3) is 5.91 Å². The lowest BCUT2D eigenvalue weighted by Gasteiger charge is -2.09. The number of carbonyl (C=O) groups is 2. The minimum atomic E-state index is -0.253. The summed E-state index contributed by atoms with van der Waals surface area (Å²) in [5.74, 6) is 0.213. The monoisotopic (exact) mass is 400 g/mol. The molecule has 3 aromatic rings. The number of methoxy groups -OCH3 is 1. The van der Waals surface area contributed by atoms with Crippen molar-refractivity contribution in [2.24, 2.45) is 0 Å². The first-order valence-electron chi connectivity index (χ1n) is 9.17. The van der Waals surface area contributed by atoms with Crippen LogP contribution >= 0.6 is 0 Å². The van der Waals surface area contributed by atoms with Gasteiger partial charge in [0.1, 0.15) is 5.75 Å². The van der Waals surface area contributed by atoms with Crippen LogP contribution in [0.2, 0.25) is 0 Å². The molecule has 30 heavy (non-hydrogen) atoms. The molecule has 0 bridgehead atoms. The fourth-order valence-electron chi connectivity index (χ4n) is 2.67. The molecule has 3 rings (SSSR count). The summed E-state index contributed by atoms with van der Waals surface area (Å²) in [6.07, 6.45) is 0. The number of nitriles is 1. The zero-order valence-electron chi connectivity index (χ0n) is 16.3. The third-order valence-electron chi connectivity index (χ3n) is 4.22. The number of benzene rings is 3. The van der Waals surface area contributed by atoms with E-state index in [0.29, 0.717) is 33.9 Å². The second-order valence-electron chi connectivity index (χ2n) is 6.35. The predicted octanol–water partition coefficient (Wildman–Crippen LogP) is 3.87. The van der Waals surface area contributed by atoms with Crippen molar-refractivity contribution in [3.63, 3.8) is 0 Å². The van der Waals surface area contributed by atoms with Gasteiger partial charge in [0.2, 0.25) is 5.91 Å². The lowest BCUT2D eigenvalue weighted by molar-refractivity contribution is -0.114. The predicted molar refractivity (Wildman–Crippen MR) is 116 cm³/mol. The molecule has 0 atom stereocenters. The molecule has 7 heteroatoms. The van der Waals surface area contributed by atoms with Gasteiger partial charge in [0, 0.05) is 22.6 Å². The first-order valence-corrected chi connectivity index (χ1v) is 9.17. The van der Waals surface area contributed by atoms with Crippen LogP contribution in [0.4, 0.5) is 17.1 Å². The fourth-order valence-corrected chi connectivity index (χ4v) is 2.67. The van der Waals surface area contributed by atoms with Crippen LogP contribution in [-0.2, 0) is 4.79 Å². The summed E-state index contributed by atoms with van der Waals surface area (Å²) in [5, 5.41) is 17.4. The van der Waals surface area contributed by atoms with Crippen molar-refractivity contribution in [1.29, 1.82) is 5.26 Å². The third kappa shape index (κ3) is 5.59. The first-order chi connectivity index (χ1) is 14.6. The number of amides is 2. The van der Waals surface area contributed by atoms with E-state index in [1.54, 1.807) is 79.9 Å². The van der Waals surface area contributed by atoms with Gasteiger partial charge in [-0.15, -0.1) is 0 Å². The highest BCUT2D eigenvalue weighted by Gasteiger charge is 2.08. The Morgan fingerprint density at radius 2 is 1.57 bits per heavy atom. The van der Waals surface area contributed by atoms with E-state index in [1.165, 1.54) is 0 Å². The minimum absolute atomic E-state index is 0.0502. The second-order valence-corrected chi connectivity index (χ2v) is 6.35. The SMILES string of the molecule is COc1ccc(NC(=O)c2ccc(NC(=O)CNc3cccc(C#N)c3)cc2)cc1. The molecule has 0 heterocycles. The van der Waals surface area contributed by atoms with Crippen LogP contribution in [0.3, 0.4) is 0 Å². The number of nitrogens with one attached hydrogen (secondary N) is 3. The Hall–Kier alpha value is -4.31. The van der Waals surface area contributed by atoms with E-state index in [4.69, 9.17) is 10.00 Å². The molecule has 150 valence electrons. The van der Waals surface area contributed by atoms with Gasteiger partial charge in [-0.2, -0.15) is 5.26 Å². The molecule has 0 saturated heterocycles. The Morgan fingerprint density at radius 1 is 0.900 bits per heavy atom. The highest BCUT2D eigenvalue weighted by atomic mass is 16.5. The van der Waals surface area contributed by atoms with E-state index < -0.39 is 0 Å². The number of carbonyl (C=O) groups excluding carboxylic acids is 2. The molecule has 0 aliphatic rings. The number of ether oxygens (including phenoxy) is 1. The van der Waals surface area contributed by atoms with E-state index in [1.807, 2.05) is 0 Å². The minimum Gasteiger partial charge on any atom is -0.497 e. The Bertz CT molecular complexity index is 1070. The Labute approximate surface area is 174 Å². The molecule has 2 amide bonds. The van der Waals surface area contributed by atoms with Crippen LogP contribution in [0.25, 0.3) is 0 Å². The van der Waals surface area contributed by atoms with E-state index in [0.717, 1.165) is 0 Å². The standard InChI is InChI=1S/C23H20N4O3/c1-30-21-11-9-19(10-12-21)27-23(29)17-5-7-18(8-6-17)26-22(28)15-25-20-4-2-3-16(13-20)14-24/h2-13,25H,15H2,1H3,(H,26,28)(H,27,29). The van der Waals surface area contributed by atoms with Crippen molar-refractivity contribution >= 4 is 28.9 Å². The zero-order chi connectivity index (χ0) is 21.3. The number of hydrogen-bond acceptors (Lipinski definition) is 5. The average molecular weight is 400 g/mol. The second kappa shape index (κ2) is 9.75. The van der Waals surface area contributed by atoms with Crippen molar-refractivity contribution in [2.75, 3.05) is 29.6 Å². The maximum Gasteiger partial charge on any atom is 0.255 e. The molecular formula is C23H20N4O3. The number of nitrogens with zero attached hydrogens (tertiary/aromatic N) is 1. The van der Waals surface area contributed by atoms with Crippen molar-refractivity contribution in [1.82, 2.24) is 0 Å². The lowest BCUT2D eigenvalue weighted by atomic mass is 10.2. The van der Waals surface area contributed by atoms with Gasteiger partial charge >= 0.3 is 0 Å². The van der Waals surface area contributed by atoms with Gasteiger partial charge < -0.3 is 20.7 Å². The van der Waals surface area contributed by atoms with Gasteiger partial charge in [0.05, 0.1) is 25.3 Å². The maximum atomic E-state index is 12.4. The number of hydrogen-bond donors (Lipinski definition) is 3. The fraction of sp³-hybridized carbons (Fsp3) is 0.0870. The highest BCUT2D eigenvalue weighted by Crippen LogP contribution is 2.17. The summed E-state index contributed by atoms with van der Waals surface area (Å²) in [6, 6.07) is 22.6. The number of anilines is 3.